The van der Waals surface area contributed by atoms with E-state index in [1.807, 2.05) is 37.3 Å². The van der Waals surface area contributed by atoms with E-state index in [1.165, 1.54) is 0 Å². The van der Waals surface area contributed by atoms with E-state index >= 15 is 0 Å². The summed E-state index contributed by atoms with van der Waals surface area (Å²) in [4.78, 5) is 36.4. The van der Waals surface area contributed by atoms with Crippen molar-refractivity contribution in [3.05, 3.63) is 35.9 Å². The summed E-state index contributed by atoms with van der Waals surface area (Å²) in [6.07, 6.45) is 1.23. The van der Waals surface area contributed by atoms with E-state index in [0.717, 1.165) is 10.5 Å². The highest BCUT2D eigenvalue weighted by atomic mass is 16.4. The second-order valence-electron chi connectivity index (χ2n) is 5.55. The van der Waals surface area contributed by atoms with E-state index in [2.05, 4.69) is 0 Å². The molecule has 0 radical (unpaired) electrons. The molecule has 0 aromatic heterocycles. The lowest BCUT2D eigenvalue weighted by Gasteiger charge is -2.32. The number of piperidine rings is 1. The number of carbonyl (C=O) groups is 3. The van der Waals surface area contributed by atoms with Crippen LogP contribution in [-0.4, -0.2) is 33.8 Å². The summed E-state index contributed by atoms with van der Waals surface area (Å²) in [5.41, 5.74) is 0.994. The van der Waals surface area contributed by atoms with Crippen molar-refractivity contribution in [2.75, 3.05) is 0 Å². The fourth-order valence-corrected chi connectivity index (χ4v) is 2.66. The van der Waals surface area contributed by atoms with Crippen molar-refractivity contribution in [2.45, 2.75) is 38.6 Å². The maximum Gasteiger partial charge on any atom is 0.326 e. The van der Waals surface area contributed by atoms with Gasteiger partial charge in [-0.25, -0.2) is 4.79 Å². The van der Waals surface area contributed by atoms with Crippen LogP contribution in [0.15, 0.2) is 30.3 Å². The summed E-state index contributed by atoms with van der Waals surface area (Å²) in [7, 11) is 0. The minimum atomic E-state index is -1.12. The van der Waals surface area contributed by atoms with Gasteiger partial charge in [0, 0.05) is 12.8 Å². The third-order valence-corrected chi connectivity index (χ3v) is 3.73. The van der Waals surface area contributed by atoms with E-state index < -0.39 is 12.0 Å². The van der Waals surface area contributed by atoms with E-state index in [9.17, 15) is 19.5 Å². The molecular formula is C16H19NO4. The number of imide groups is 1. The quantitative estimate of drug-likeness (QED) is 0.840. The average Bonchev–Trinajstić information content (AvgIpc) is 2.42. The van der Waals surface area contributed by atoms with Crippen LogP contribution in [0, 0.1) is 5.92 Å². The Balaban J connectivity index is 2.10. The predicted octanol–water partition coefficient (Wildman–Crippen LogP) is 1.86. The summed E-state index contributed by atoms with van der Waals surface area (Å²) in [6.45, 7) is 1.83. The molecule has 1 aliphatic rings. The SMILES string of the molecule is CC1CC(=O)N(C(CCc2ccccc2)C(=O)O)C(=O)C1. The van der Waals surface area contributed by atoms with Crippen LogP contribution in [-0.2, 0) is 20.8 Å². The minimum Gasteiger partial charge on any atom is -0.480 e. The first kappa shape index (κ1) is 15.2. The van der Waals surface area contributed by atoms with Crippen molar-refractivity contribution in [1.82, 2.24) is 4.90 Å². The molecule has 1 unspecified atom stereocenters. The Kier molecular flexibility index (Phi) is 4.73. The molecule has 5 heteroatoms. The maximum absolute atomic E-state index is 12.0. The number of hydrogen-bond acceptors (Lipinski definition) is 3. The van der Waals surface area contributed by atoms with Crippen LogP contribution < -0.4 is 0 Å². The molecule has 1 atom stereocenters. The largest absolute Gasteiger partial charge is 0.480 e. The Morgan fingerprint density at radius 1 is 1.24 bits per heavy atom. The number of hydrogen-bond donors (Lipinski definition) is 1. The van der Waals surface area contributed by atoms with E-state index in [-0.39, 0.29) is 37.0 Å². The smallest absolute Gasteiger partial charge is 0.326 e. The highest BCUT2D eigenvalue weighted by Gasteiger charge is 2.38. The van der Waals surface area contributed by atoms with Crippen molar-refractivity contribution >= 4 is 17.8 Å². The van der Waals surface area contributed by atoms with Gasteiger partial charge in [-0.1, -0.05) is 37.3 Å². The molecule has 1 N–H and O–H groups in total. The molecule has 1 heterocycles. The van der Waals surface area contributed by atoms with Gasteiger partial charge in [-0.05, 0) is 24.3 Å². The number of nitrogens with zero attached hydrogens (tertiary/aromatic N) is 1. The summed E-state index contributed by atoms with van der Waals surface area (Å²) in [6, 6.07) is 8.38. The number of carboxylic acid groups (broad SMARTS) is 1. The summed E-state index contributed by atoms with van der Waals surface area (Å²) in [5, 5.41) is 9.36. The second kappa shape index (κ2) is 6.52. The van der Waals surface area contributed by atoms with E-state index in [1.54, 1.807) is 0 Å². The number of carbonyl (C=O) groups excluding carboxylic acids is 2. The topological polar surface area (TPSA) is 74.7 Å². The molecule has 0 saturated carbocycles. The molecular weight excluding hydrogens is 270 g/mol. The molecule has 5 nitrogen and oxygen atoms in total. The van der Waals surface area contributed by atoms with Gasteiger partial charge in [0.2, 0.25) is 11.8 Å². The van der Waals surface area contributed by atoms with Crippen LogP contribution in [0.2, 0.25) is 0 Å². The molecule has 1 aromatic rings. The van der Waals surface area contributed by atoms with Gasteiger partial charge in [-0.15, -0.1) is 0 Å². The predicted molar refractivity (Wildman–Crippen MR) is 76.4 cm³/mol. The molecule has 1 fully saturated rings. The highest BCUT2D eigenvalue weighted by Crippen LogP contribution is 2.23. The average molecular weight is 289 g/mol. The summed E-state index contributed by atoms with van der Waals surface area (Å²) in [5.74, 6) is -1.88. The lowest BCUT2D eigenvalue weighted by Crippen LogP contribution is -2.52. The van der Waals surface area contributed by atoms with Crippen molar-refractivity contribution in [2.24, 2.45) is 5.92 Å². The molecule has 0 spiro atoms. The van der Waals surface area contributed by atoms with Crippen LogP contribution >= 0.6 is 0 Å². The molecule has 1 saturated heterocycles. The normalized spacial score (nSPS) is 17.9. The van der Waals surface area contributed by atoms with Crippen molar-refractivity contribution in [3.8, 4) is 0 Å². The Bertz CT molecular complexity index is 522. The zero-order chi connectivity index (χ0) is 15.4. The monoisotopic (exact) mass is 289 g/mol. The number of carboxylic acids is 1. The fraction of sp³-hybridized carbons (Fsp3) is 0.438. The van der Waals surface area contributed by atoms with Gasteiger partial charge in [0.05, 0.1) is 0 Å². The van der Waals surface area contributed by atoms with Crippen molar-refractivity contribution in [3.63, 3.8) is 0 Å². The van der Waals surface area contributed by atoms with Gasteiger partial charge in [0.15, 0.2) is 0 Å². The number of aliphatic carboxylic acids is 1. The van der Waals surface area contributed by atoms with Crippen LogP contribution in [0.5, 0.6) is 0 Å². The second-order valence-corrected chi connectivity index (χ2v) is 5.55. The van der Waals surface area contributed by atoms with Crippen LogP contribution in [0.3, 0.4) is 0 Å². The lowest BCUT2D eigenvalue weighted by molar-refractivity contribution is -0.161. The Hall–Kier alpha value is -2.17. The maximum atomic E-state index is 12.0. The highest BCUT2D eigenvalue weighted by molar-refractivity contribution is 6.01. The third kappa shape index (κ3) is 3.68. The van der Waals surface area contributed by atoms with Crippen molar-refractivity contribution in [1.29, 1.82) is 0 Å². The minimum absolute atomic E-state index is 0.00943. The molecule has 0 bridgehead atoms. The Labute approximate surface area is 123 Å². The first-order valence-electron chi connectivity index (χ1n) is 7.10. The fourth-order valence-electron chi connectivity index (χ4n) is 2.66. The van der Waals surface area contributed by atoms with Gasteiger partial charge < -0.3 is 5.11 Å². The Morgan fingerprint density at radius 3 is 2.33 bits per heavy atom. The van der Waals surface area contributed by atoms with Gasteiger partial charge in [0.1, 0.15) is 6.04 Å². The number of rotatable bonds is 5. The number of benzene rings is 1. The van der Waals surface area contributed by atoms with Gasteiger partial charge in [0.25, 0.3) is 0 Å². The molecule has 1 aliphatic heterocycles. The molecule has 21 heavy (non-hydrogen) atoms. The number of aryl methyl sites for hydroxylation is 1. The third-order valence-electron chi connectivity index (χ3n) is 3.73. The first-order valence-corrected chi connectivity index (χ1v) is 7.10. The zero-order valence-electron chi connectivity index (χ0n) is 12.0. The van der Waals surface area contributed by atoms with E-state index in [4.69, 9.17) is 0 Å². The number of likely N-dealkylation sites (tertiary alicyclic amines) is 1. The van der Waals surface area contributed by atoms with Gasteiger partial charge in [-0.3, -0.25) is 14.5 Å². The van der Waals surface area contributed by atoms with Gasteiger partial charge in [-0.2, -0.15) is 0 Å². The molecule has 0 aliphatic carbocycles. The molecule has 1 aromatic carbocycles. The first-order chi connectivity index (χ1) is 9.99. The summed E-state index contributed by atoms with van der Waals surface area (Å²) >= 11 is 0. The molecule has 112 valence electrons. The zero-order valence-corrected chi connectivity index (χ0v) is 12.0. The van der Waals surface area contributed by atoms with E-state index in [0.29, 0.717) is 6.42 Å². The summed E-state index contributed by atoms with van der Waals surface area (Å²) < 4.78 is 0. The molecule has 2 amide bonds. The molecule has 2 rings (SSSR count). The standard InChI is InChI=1S/C16H19NO4/c1-11-9-14(18)17(15(19)10-11)13(16(20)21)8-7-12-5-3-2-4-6-12/h2-6,11,13H,7-10H2,1H3,(H,20,21). The van der Waals surface area contributed by atoms with Crippen LogP contribution in [0.25, 0.3) is 0 Å². The van der Waals surface area contributed by atoms with Gasteiger partial charge >= 0.3 is 5.97 Å². The number of amides is 2. The van der Waals surface area contributed by atoms with Crippen molar-refractivity contribution < 1.29 is 19.5 Å². The van der Waals surface area contributed by atoms with Crippen LogP contribution in [0.1, 0.15) is 31.7 Å². The lowest BCUT2D eigenvalue weighted by atomic mass is 9.94. The van der Waals surface area contributed by atoms with Crippen LogP contribution in [0.4, 0.5) is 0 Å². The Morgan fingerprint density at radius 2 is 1.81 bits per heavy atom.